The number of piperidine rings is 1. The number of nitrogens with one attached hydrogen (secondary N) is 1. The smallest absolute Gasteiger partial charge is 0.407 e. The third-order valence-electron chi connectivity index (χ3n) is 4.55. The zero-order valence-electron chi connectivity index (χ0n) is 17.8. The summed E-state index contributed by atoms with van der Waals surface area (Å²) in [4.78, 5) is 32.0. The van der Waals surface area contributed by atoms with Crippen molar-refractivity contribution in [1.29, 1.82) is 0 Å². The first-order chi connectivity index (χ1) is 14.2. The Kier molecular flexibility index (Phi) is 7.02. The van der Waals surface area contributed by atoms with Gasteiger partial charge in [0, 0.05) is 31.0 Å². The molecule has 0 aliphatic carbocycles. The molecule has 162 valence electrons. The highest BCUT2D eigenvalue weighted by atomic mass is 32.2. The van der Waals surface area contributed by atoms with Crippen LogP contribution >= 0.6 is 11.8 Å². The predicted molar refractivity (Wildman–Crippen MR) is 113 cm³/mol. The summed E-state index contributed by atoms with van der Waals surface area (Å²) in [6.07, 6.45) is 0.982. The van der Waals surface area contributed by atoms with Gasteiger partial charge in [-0.3, -0.25) is 4.79 Å². The molecule has 1 aliphatic rings. The Morgan fingerprint density at radius 3 is 2.60 bits per heavy atom. The molecule has 1 aliphatic heterocycles. The highest BCUT2D eigenvalue weighted by Gasteiger charge is 2.27. The number of thioether (sulfide) groups is 1. The molecule has 1 N–H and O–H groups in total. The van der Waals surface area contributed by atoms with Crippen LogP contribution in [0.3, 0.4) is 0 Å². The molecule has 9 heteroatoms. The predicted octanol–water partition coefficient (Wildman–Crippen LogP) is 3.80. The number of carbonyl (C=O) groups excluding carboxylic acids is 2. The zero-order chi connectivity index (χ0) is 21.7. The van der Waals surface area contributed by atoms with Crippen LogP contribution in [0.5, 0.6) is 0 Å². The van der Waals surface area contributed by atoms with E-state index in [4.69, 9.17) is 9.26 Å². The van der Waals surface area contributed by atoms with E-state index in [1.54, 1.807) is 6.92 Å². The minimum atomic E-state index is -0.525. The van der Waals surface area contributed by atoms with Gasteiger partial charge in [-0.1, -0.05) is 17.3 Å². The zero-order valence-corrected chi connectivity index (χ0v) is 18.6. The number of likely N-dealkylation sites (tertiary alicyclic amines) is 1. The Hall–Kier alpha value is -2.55. The minimum absolute atomic E-state index is 0.00175. The molecule has 2 aromatic rings. The molecule has 8 nitrogen and oxygen atoms in total. The summed E-state index contributed by atoms with van der Waals surface area (Å²) < 4.78 is 10.3. The largest absolute Gasteiger partial charge is 0.444 e. The fourth-order valence-corrected chi connectivity index (χ4v) is 4.07. The average molecular weight is 433 g/mol. The van der Waals surface area contributed by atoms with E-state index in [9.17, 15) is 9.59 Å². The van der Waals surface area contributed by atoms with E-state index >= 15 is 0 Å². The molecule has 0 atom stereocenters. The maximum atomic E-state index is 13.1. The van der Waals surface area contributed by atoms with Crippen LogP contribution in [0.1, 0.15) is 55.7 Å². The van der Waals surface area contributed by atoms with E-state index in [1.807, 2.05) is 49.9 Å². The number of hydrogen-bond donors (Lipinski definition) is 1. The van der Waals surface area contributed by atoms with Crippen molar-refractivity contribution in [3.8, 4) is 0 Å². The van der Waals surface area contributed by atoms with Crippen molar-refractivity contribution in [2.75, 3.05) is 13.1 Å². The molecule has 0 saturated carbocycles. The van der Waals surface area contributed by atoms with Crippen molar-refractivity contribution >= 4 is 23.8 Å². The normalized spacial score (nSPS) is 15.1. The Bertz CT molecular complexity index is 885. The maximum Gasteiger partial charge on any atom is 0.407 e. The fraction of sp³-hybridized carbons (Fsp3) is 0.524. The van der Waals surface area contributed by atoms with Crippen LogP contribution in [0.2, 0.25) is 0 Å². The number of rotatable bonds is 5. The Morgan fingerprint density at radius 1 is 1.27 bits per heavy atom. The summed E-state index contributed by atoms with van der Waals surface area (Å²) in [5.74, 6) is 1.66. The number of benzene rings is 1. The lowest BCUT2D eigenvalue weighted by atomic mass is 10.0. The first-order valence-electron chi connectivity index (χ1n) is 10.0. The van der Waals surface area contributed by atoms with Crippen molar-refractivity contribution < 1.29 is 18.8 Å². The van der Waals surface area contributed by atoms with Crippen molar-refractivity contribution in [2.24, 2.45) is 0 Å². The van der Waals surface area contributed by atoms with Crippen LogP contribution in [-0.2, 0) is 10.5 Å². The highest BCUT2D eigenvalue weighted by Crippen LogP contribution is 2.27. The summed E-state index contributed by atoms with van der Waals surface area (Å²) >= 11 is 1.51. The van der Waals surface area contributed by atoms with Gasteiger partial charge in [0.1, 0.15) is 5.60 Å². The lowest BCUT2D eigenvalue weighted by Crippen LogP contribution is -2.47. The Labute approximate surface area is 180 Å². The standard InChI is InChI=1S/C21H28N4O4S/c1-14-22-18(24-29-14)13-30-17-8-6-5-7-16(17)19(26)25-11-9-15(10-12-25)23-20(27)28-21(2,3)4/h5-8,15H,9-13H2,1-4H3,(H,23,27). The van der Waals surface area contributed by atoms with E-state index in [2.05, 4.69) is 15.5 Å². The number of carbonyl (C=O) groups is 2. The first kappa shape index (κ1) is 22.1. The lowest BCUT2D eigenvalue weighted by Gasteiger charge is -2.33. The monoisotopic (exact) mass is 432 g/mol. The van der Waals surface area contributed by atoms with Crippen LogP contribution in [0.4, 0.5) is 4.79 Å². The molecule has 0 radical (unpaired) electrons. The molecule has 1 saturated heterocycles. The van der Waals surface area contributed by atoms with Crippen molar-refractivity contribution in [1.82, 2.24) is 20.4 Å². The molecule has 0 spiro atoms. The maximum absolute atomic E-state index is 13.1. The second-order valence-electron chi connectivity index (χ2n) is 8.23. The third-order valence-corrected chi connectivity index (χ3v) is 5.62. The van der Waals surface area contributed by atoms with Crippen LogP contribution in [0.25, 0.3) is 0 Å². The molecule has 2 amide bonds. The summed E-state index contributed by atoms with van der Waals surface area (Å²) in [7, 11) is 0. The quantitative estimate of drug-likeness (QED) is 0.718. The number of hydrogen-bond acceptors (Lipinski definition) is 7. The van der Waals surface area contributed by atoms with Gasteiger partial charge in [-0.15, -0.1) is 11.8 Å². The van der Waals surface area contributed by atoms with Crippen LogP contribution in [-0.4, -0.2) is 51.8 Å². The summed E-state index contributed by atoms with van der Waals surface area (Å²) in [6.45, 7) is 8.43. The molecule has 0 bridgehead atoms. The summed E-state index contributed by atoms with van der Waals surface area (Å²) in [6, 6.07) is 7.57. The molecular weight excluding hydrogens is 404 g/mol. The molecule has 2 heterocycles. The van der Waals surface area contributed by atoms with Crippen LogP contribution in [0.15, 0.2) is 33.7 Å². The van der Waals surface area contributed by atoms with Crippen molar-refractivity contribution in [2.45, 2.75) is 62.8 Å². The number of alkyl carbamates (subject to hydrolysis) is 1. The van der Waals surface area contributed by atoms with Gasteiger partial charge in [-0.2, -0.15) is 4.98 Å². The number of amides is 2. The molecule has 3 rings (SSSR count). The number of ether oxygens (including phenoxy) is 1. The number of nitrogens with zero attached hydrogens (tertiary/aromatic N) is 3. The van der Waals surface area contributed by atoms with E-state index in [1.165, 1.54) is 11.8 Å². The fourth-order valence-electron chi connectivity index (χ4n) is 3.18. The molecule has 1 fully saturated rings. The second kappa shape index (κ2) is 9.51. The SMILES string of the molecule is Cc1nc(CSc2ccccc2C(=O)N2CCC(NC(=O)OC(C)(C)C)CC2)no1. The van der Waals surface area contributed by atoms with Gasteiger partial charge in [-0.05, 0) is 45.7 Å². The topological polar surface area (TPSA) is 97.6 Å². The van der Waals surface area contributed by atoms with Crippen LogP contribution < -0.4 is 5.32 Å². The number of aryl methyl sites for hydroxylation is 1. The molecule has 30 heavy (non-hydrogen) atoms. The average Bonchev–Trinajstić information content (AvgIpc) is 3.10. The molecular formula is C21H28N4O4S. The molecule has 1 aromatic carbocycles. The number of aromatic nitrogens is 2. The van der Waals surface area contributed by atoms with E-state index in [0.717, 1.165) is 4.90 Å². The van der Waals surface area contributed by atoms with Gasteiger partial charge in [0.2, 0.25) is 5.89 Å². The van der Waals surface area contributed by atoms with Crippen LogP contribution in [0, 0.1) is 6.92 Å². The summed E-state index contributed by atoms with van der Waals surface area (Å²) in [5, 5.41) is 6.80. The van der Waals surface area contributed by atoms with Gasteiger partial charge < -0.3 is 19.5 Å². The highest BCUT2D eigenvalue weighted by molar-refractivity contribution is 7.98. The Morgan fingerprint density at radius 2 is 1.97 bits per heavy atom. The van der Waals surface area contributed by atoms with Crippen molar-refractivity contribution in [3.63, 3.8) is 0 Å². The van der Waals surface area contributed by atoms with E-state index in [0.29, 0.717) is 49.0 Å². The lowest BCUT2D eigenvalue weighted by molar-refractivity contribution is 0.0473. The van der Waals surface area contributed by atoms with Gasteiger partial charge in [0.15, 0.2) is 5.82 Å². The Balaban J connectivity index is 1.55. The third kappa shape index (κ3) is 6.22. The summed E-state index contributed by atoms with van der Waals surface area (Å²) in [5.41, 5.74) is 0.142. The van der Waals surface area contributed by atoms with Gasteiger partial charge in [0.25, 0.3) is 5.91 Å². The minimum Gasteiger partial charge on any atom is -0.444 e. The van der Waals surface area contributed by atoms with E-state index in [-0.39, 0.29) is 11.9 Å². The van der Waals surface area contributed by atoms with E-state index < -0.39 is 11.7 Å². The first-order valence-corrected chi connectivity index (χ1v) is 11.0. The van der Waals surface area contributed by atoms with Gasteiger partial charge in [-0.25, -0.2) is 4.79 Å². The second-order valence-corrected chi connectivity index (χ2v) is 9.24. The van der Waals surface area contributed by atoms with Crippen molar-refractivity contribution in [3.05, 3.63) is 41.5 Å². The molecule has 0 unspecified atom stereocenters. The molecule has 1 aromatic heterocycles. The van der Waals surface area contributed by atoms with Gasteiger partial charge >= 0.3 is 6.09 Å². The van der Waals surface area contributed by atoms with Gasteiger partial charge in [0.05, 0.1) is 11.3 Å².